The molecule has 94 valence electrons. The van der Waals surface area contributed by atoms with Crippen LogP contribution >= 0.6 is 22.6 Å². The number of nitrogens with zero attached hydrogens (tertiary/aromatic N) is 1. The van der Waals surface area contributed by atoms with Crippen molar-refractivity contribution in [1.82, 2.24) is 5.06 Å². The van der Waals surface area contributed by atoms with Gasteiger partial charge in [0.15, 0.2) is 0 Å². The molecule has 1 aromatic carbocycles. The Hall–Kier alpha value is -1.44. The van der Waals surface area contributed by atoms with Crippen LogP contribution in [0.3, 0.4) is 0 Å². The lowest BCUT2D eigenvalue weighted by Gasteiger charge is -2.12. The van der Waals surface area contributed by atoms with Gasteiger partial charge in [-0.25, -0.2) is 4.79 Å². The standard InChI is InChI=1S/C12H10INO4/c13-9-3-1-8(2-4-9)7-12(17)18-14-10(15)5-6-11(14)16/h1-4H,5-7H2/i13+0. The normalized spacial score (nSPS) is 15.1. The Bertz CT molecular complexity index is 481. The first-order valence-electron chi connectivity index (χ1n) is 5.37. The average molecular weight is 359 g/mol. The summed E-state index contributed by atoms with van der Waals surface area (Å²) in [6.07, 6.45) is 0.249. The van der Waals surface area contributed by atoms with Crippen LogP contribution < -0.4 is 0 Å². The van der Waals surface area contributed by atoms with Crippen LogP contribution in [0.1, 0.15) is 18.4 Å². The van der Waals surface area contributed by atoms with E-state index in [1.54, 1.807) is 12.1 Å². The Morgan fingerprint density at radius 2 is 1.72 bits per heavy atom. The Labute approximate surface area is 117 Å². The van der Waals surface area contributed by atoms with Crippen LogP contribution in [0.25, 0.3) is 0 Å². The fraction of sp³-hybridized carbons (Fsp3) is 0.250. The molecule has 2 rings (SSSR count). The molecule has 1 heterocycles. The molecule has 0 radical (unpaired) electrons. The molecule has 1 aliphatic heterocycles. The van der Waals surface area contributed by atoms with Gasteiger partial charge in [0.1, 0.15) is 0 Å². The number of rotatable bonds is 3. The third-order valence-electron chi connectivity index (χ3n) is 2.46. The molecule has 0 saturated carbocycles. The number of imide groups is 1. The van der Waals surface area contributed by atoms with Gasteiger partial charge < -0.3 is 4.84 Å². The summed E-state index contributed by atoms with van der Waals surface area (Å²) in [5.74, 6) is -1.54. The third kappa shape index (κ3) is 3.06. The van der Waals surface area contributed by atoms with E-state index in [1.807, 2.05) is 12.1 Å². The smallest absolute Gasteiger partial charge is 0.330 e. The average Bonchev–Trinajstić information content (AvgIpc) is 2.64. The number of hydrogen-bond acceptors (Lipinski definition) is 4. The number of benzene rings is 1. The van der Waals surface area contributed by atoms with Gasteiger partial charge >= 0.3 is 5.97 Å². The molecule has 0 atom stereocenters. The zero-order valence-corrected chi connectivity index (χ0v) is 11.5. The van der Waals surface area contributed by atoms with Crippen LogP contribution in [-0.4, -0.2) is 22.8 Å². The topological polar surface area (TPSA) is 63.7 Å². The van der Waals surface area contributed by atoms with Gasteiger partial charge in [0.2, 0.25) is 0 Å². The second-order valence-corrected chi connectivity index (χ2v) is 5.09. The van der Waals surface area contributed by atoms with Crippen LogP contribution in [0.2, 0.25) is 0 Å². The highest BCUT2D eigenvalue weighted by Gasteiger charge is 2.32. The predicted molar refractivity (Wildman–Crippen MR) is 70.0 cm³/mol. The van der Waals surface area contributed by atoms with Gasteiger partial charge in [0.25, 0.3) is 11.8 Å². The summed E-state index contributed by atoms with van der Waals surface area (Å²) in [5.41, 5.74) is 0.777. The van der Waals surface area contributed by atoms with Crippen molar-refractivity contribution in [2.24, 2.45) is 0 Å². The van der Waals surface area contributed by atoms with E-state index in [9.17, 15) is 14.4 Å². The van der Waals surface area contributed by atoms with Gasteiger partial charge in [-0.2, -0.15) is 0 Å². The Morgan fingerprint density at radius 3 is 2.28 bits per heavy atom. The molecule has 6 heteroatoms. The van der Waals surface area contributed by atoms with Gasteiger partial charge in [-0.1, -0.05) is 12.1 Å². The highest BCUT2D eigenvalue weighted by atomic mass is 127. The quantitative estimate of drug-likeness (QED) is 0.605. The summed E-state index contributed by atoms with van der Waals surface area (Å²) in [7, 11) is 0. The van der Waals surface area contributed by atoms with E-state index < -0.39 is 17.8 Å². The summed E-state index contributed by atoms with van der Waals surface area (Å²) in [6, 6.07) is 7.35. The number of carbonyl (C=O) groups is 3. The Balaban J connectivity index is 1.94. The molecule has 5 nitrogen and oxygen atoms in total. The molecule has 1 aliphatic rings. The number of carbonyl (C=O) groups excluding carboxylic acids is 3. The summed E-state index contributed by atoms with van der Waals surface area (Å²) >= 11 is 2.16. The molecule has 0 aliphatic carbocycles. The zero-order valence-electron chi connectivity index (χ0n) is 9.39. The number of amides is 2. The van der Waals surface area contributed by atoms with Crippen molar-refractivity contribution in [2.45, 2.75) is 19.3 Å². The minimum Gasteiger partial charge on any atom is -0.330 e. The highest BCUT2D eigenvalue weighted by Crippen LogP contribution is 2.13. The summed E-state index contributed by atoms with van der Waals surface area (Å²) in [5, 5.41) is 0.565. The molecule has 0 spiro atoms. The van der Waals surface area contributed by atoms with E-state index >= 15 is 0 Å². The Kier molecular flexibility index (Phi) is 3.95. The summed E-state index contributed by atoms with van der Waals surface area (Å²) < 4.78 is 1.06. The molecule has 0 N–H and O–H groups in total. The van der Waals surface area contributed by atoms with Crippen molar-refractivity contribution in [3.8, 4) is 0 Å². The number of hydrogen-bond donors (Lipinski definition) is 0. The lowest BCUT2D eigenvalue weighted by Crippen LogP contribution is -2.32. The van der Waals surface area contributed by atoms with Crippen molar-refractivity contribution in [3.63, 3.8) is 0 Å². The molecule has 1 saturated heterocycles. The fourth-order valence-corrected chi connectivity index (χ4v) is 1.92. The maximum Gasteiger partial charge on any atom is 0.337 e. The second-order valence-electron chi connectivity index (χ2n) is 3.85. The van der Waals surface area contributed by atoms with Crippen molar-refractivity contribution < 1.29 is 19.2 Å². The van der Waals surface area contributed by atoms with E-state index in [0.29, 0.717) is 5.06 Å². The Morgan fingerprint density at radius 1 is 1.17 bits per heavy atom. The van der Waals surface area contributed by atoms with E-state index in [0.717, 1.165) is 9.13 Å². The first-order valence-corrected chi connectivity index (χ1v) is 6.45. The van der Waals surface area contributed by atoms with Gasteiger partial charge in [0, 0.05) is 16.4 Å². The first-order chi connectivity index (χ1) is 8.56. The van der Waals surface area contributed by atoms with Crippen molar-refractivity contribution in [1.29, 1.82) is 0 Å². The number of hydroxylamine groups is 2. The maximum atomic E-state index is 11.6. The predicted octanol–water partition coefficient (Wildman–Crippen LogP) is 1.44. The summed E-state index contributed by atoms with van der Waals surface area (Å²) in [4.78, 5) is 38.8. The van der Waals surface area contributed by atoms with Gasteiger partial charge in [-0.3, -0.25) is 9.59 Å². The van der Waals surface area contributed by atoms with Gasteiger partial charge in [-0.05, 0) is 40.3 Å². The van der Waals surface area contributed by atoms with E-state index in [1.165, 1.54) is 0 Å². The van der Waals surface area contributed by atoms with Crippen molar-refractivity contribution in [2.75, 3.05) is 0 Å². The van der Waals surface area contributed by atoms with Crippen molar-refractivity contribution >= 4 is 40.4 Å². The molecule has 1 fully saturated rings. The van der Waals surface area contributed by atoms with Crippen LogP contribution in [0.15, 0.2) is 24.3 Å². The lowest BCUT2D eigenvalue weighted by molar-refractivity contribution is -0.197. The van der Waals surface area contributed by atoms with Crippen LogP contribution in [0, 0.1) is 3.57 Å². The monoisotopic (exact) mass is 359 g/mol. The van der Waals surface area contributed by atoms with E-state index in [2.05, 4.69) is 22.6 Å². The first kappa shape index (κ1) is 13.0. The van der Waals surface area contributed by atoms with Crippen LogP contribution in [0.4, 0.5) is 0 Å². The zero-order chi connectivity index (χ0) is 13.1. The molecule has 1 aromatic rings. The largest absolute Gasteiger partial charge is 0.337 e. The molecule has 0 aromatic heterocycles. The third-order valence-corrected chi connectivity index (χ3v) is 3.18. The minimum absolute atomic E-state index is 0.0357. The molecular formula is C12H10INO4. The van der Waals surface area contributed by atoms with Crippen LogP contribution in [-0.2, 0) is 25.6 Å². The van der Waals surface area contributed by atoms with Crippen LogP contribution in [0.5, 0.6) is 0 Å². The molecule has 0 unspecified atom stereocenters. The summed E-state index contributed by atoms with van der Waals surface area (Å²) in [6.45, 7) is 0. The SMILES string of the molecule is O=C(Cc1ccc([127I])cc1)ON1C(=O)CCC1=O. The molecule has 18 heavy (non-hydrogen) atoms. The molecule has 0 bridgehead atoms. The fourth-order valence-electron chi connectivity index (χ4n) is 1.56. The maximum absolute atomic E-state index is 11.6. The lowest BCUT2D eigenvalue weighted by atomic mass is 10.2. The minimum atomic E-state index is -0.611. The van der Waals surface area contributed by atoms with E-state index in [-0.39, 0.29) is 19.3 Å². The molecule has 2 amide bonds. The number of halogens is 1. The second kappa shape index (κ2) is 5.47. The van der Waals surface area contributed by atoms with Crippen molar-refractivity contribution in [3.05, 3.63) is 33.4 Å². The van der Waals surface area contributed by atoms with Gasteiger partial charge in [0.05, 0.1) is 6.42 Å². The highest BCUT2D eigenvalue weighted by molar-refractivity contribution is 14.1. The van der Waals surface area contributed by atoms with Gasteiger partial charge in [-0.15, -0.1) is 5.06 Å². The molecular weight excluding hydrogens is 349 g/mol. The van der Waals surface area contributed by atoms with E-state index in [4.69, 9.17) is 4.84 Å².